The molecule has 0 spiro atoms. The Morgan fingerprint density at radius 3 is 2.90 bits per heavy atom. The number of hydrogen-bond donors (Lipinski definition) is 0. The molecular weight excluding hydrogens is 133 g/mol. The number of nitrogens with zero attached hydrogens (tertiary/aromatic N) is 1. The molecule has 4 nitrogen and oxygen atoms in total. The molecule has 0 aromatic rings. The van der Waals surface area contributed by atoms with Crippen molar-refractivity contribution in [2.45, 2.75) is 0 Å². The predicted molar refractivity (Wildman–Crippen MR) is 37.4 cm³/mol. The molecule has 0 aliphatic carbocycles. The molecule has 0 aromatic carbocycles. The Balaban J connectivity index is 2.03. The van der Waals surface area contributed by atoms with Crippen molar-refractivity contribution in [2.24, 2.45) is 4.99 Å². The van der Waals surface area contributed by atoms with Crippen LogP contribution in [0.15, 0.2) is 17.5 Å². The highest BCUT2D eigenvalue weighted by Gasteiger charge is 2.26. The average molecular weight is 141 g/mol. The van der Waals surface area contributed by atoms with Gasteiger partial charge in [-0.3, -0.25) is 4.99 Å². The van der Waals surface area contributed by atoms with E-state index in [9.17, 15) is 0 Å². The van der Waals surface area contributed by atoms with E-state index in [1.807, 2.05) is 0 Å². The zero-order valence-electron chi connectivity index (χ0n) is 5.69. The van der Waals surface area contributed by atoms with Gasteiger partial charge in [-0.15, -0.1) is 0 Å². The molecule has 0 bridgehead atoms. The Hall–Kier alpha value is -0.965. The zero-order chi connectivity index (χ0) is 7.23. The fourth-order valence-electron chi connectivity index (χ4n) is 0.499. The van der Waals surface area contributed by atoms with Gasteiger partial charge in [0.05, 0.1) is 19.1 Å². The van der Waals surface area contributed by atoms with Crippen LogP contribution in [0.2, 0.25) is 0 Å². The van der Waals surface area contributed by atoms with Crippen molar-refractivity contribution in [3.8, 4) is 0 Å². The quantitative estimate of drug-likeness (QED) is 0.416. The lowest BCUT2D eigenvalue weighted by atomic mass is 10.2. The maximum atomic E-state index is 4.99. The molecule has 0 atom stereocenters. The van der Waals surface area contributed by atoms with Crippen LogP contribution in [0.1, 0.15) is 0 Å². The molecule has 1 aliphatic heterocycles. The lowest BCUT2D eigenvalue weighted by Gasteiger charge is -2.00. The van der Waals surface area contributed by atoms with Gasteiger partial charge in [0.15, 0.2) is 0 Å². The summed E-state index contributed by atoms with van der Waals surface area (Å²) in [5, 5.41) is 0. The van der Waals surface area contributed by atoms with Crippen molar-refractivity contribution in [1.29, 1.82) is 0 Å². The van der Waals surface area contributed by atoms with Gasteiger partial charge in [-0.25, -0.2) is 0 Å². The molecule has 0 saturated carbocycles. The van der Waals surface area contributed by atoms with Crippen LogP contribution >= 0.6 is 0 Å². The van der Waals surface area contributed by atoms with Crippen molar-refractivity contribution in [3.05, 3.63) is 12.5 Å². The van der Waals surface area contributed by atoms with Crippen LogP contribution in [0.5, 0.6) is 0 Å². The minimum Gasteiger partial charge on any atom is -0.504 e. The monoisotopic (exact) mass is 141 g/mol. The molecular formula is C5H8BNO3. The summed E-state index contributed by atoms with van der Waals surface area (Å²) in [6, 6.07) is 0. The van der Waals surface area contributed by atoms with Crippen LogP contribution in [-0.2, 0) is 14.0 Å². The third-order valence-corrected chi connectivity index (χ3v) is 0.924. The van der Waals surface area contributed by atoms with E-state index in [4.69, 9.17) is 14.0 Å². The molecule has 1 rings (SSSR count). The van der Waals surface area contributed by atoms with E-state index >= 15 is 0 Å². The van der Waals surface area contributed by atoms with E-state index in [1.165, 1.54) is 12.5 Å². The van der Waals surface area contributed by atoms with Crippen LogP contribution in [0, 0.1) is 0 Å². The maximum absolute atomic E-state index is 4.99. The van der Waals surface area contributed by atoms with Crippen LogP contribution < -0.4 is 0 Å². The van der Waals surface area contributed by atoms with Crippen LogP contribution in [0.3, 0.4) is 0 Å². The largest absolute Gasteiger partial charge is 0.787 e. The molecule has 0 fully saturated rings. The first-order valence-corrected chi connectivity index (χ1v) is 2.91. The Morgan fingerprint density at radius 1 is 1.60 bits per heavy atom. The lowest BCUT2D eigenvalue weighted by Crippen LogP contribution is -2.20. The molecule has 0 saturated heterocycles. The second-order valence-corrected chi connectivity index (χ2v) is 1.61. The first-order chi connectivity index (χ1) is 4.93. The van der Waals surface area contributed by atoms with Gasteiger partial charge in [-0.2, -0.15) is 0 Å². The van der Waals surface area contributed by atoms with E-state index in [1.54, 1.807) is 13.3 Å². The second kappa shape index (κ2) is 3.95. The van der Waals surface area contributed by atoms with E-state index in [0.717, 1.165) is 0 Å². The summed E-state index contributed by atoms with van der Waals surface area (Å²) in [5.74, 6) is 0. The summed E-state index contributed by atoms with van der Waals surface area (Å²) in [4.78, 5) is 3.72. The zero-order valence-corrected chi connectivity index (χ0v) is 5.69. The van der Waals surface area contributed by atoms with Crippen LogP contribution in [0.25, 0.3) is 0 Å². The minimum atomic E-state index is -0.585. The van der Waals surface area contributed by atoms with E-state index in [2.05, 4.69) is 4.99 Å². The van der Waals surface area contributed by atoms with Crippen molar-refractivity contribution < 1.29 is 14.0 Å². The van der Waals surface area contributed by atoms with Gasteiger partial charge in [0.2, 0.25) is 0 Å². The maximum Gasteiger partial charge on any atom is 0.787 e. The Labute approximate surface area is 59.7 Å². The van der Waals surface area contributed by atoms with Gasteiger partial charge in [-0.1, -0.05) is 0 Å². The lowest BCUT2D eigenvalue weighted by molar-refractivity contribution is 0.219. The van der Waals surface area contributed by atoms with Gasteiger partial charge in [-0.05, 0) is 0 Å². The fraction of sp³-hybridized carbons (Fsp3) is 0.400. The van der Waals surface area contributed by atoms with Crippen molar-refractivity contribution >= 4 is 13.5 Å². The molecule has 1 heterocycles. The topological polar surface area (TPSA) is 40.0 Å². The third kappa shape index (κ3) is 2.10. The van der Waals surface area contributed by atoms with Crippen molar-refractivity contribution in [3.63, 3.8) is 0 Å². The number of hydrogen-bond acceptors (Lipinski definition) is 4. The summed E-state index contributed by atoms with van der Waals surface area (Å²) in [6.45, 7) is 0.406. The molecule has 5 heteroatoms. The highest BCUT2D eigenvalue weighted by atomic mass is 16.7. The summed E-state index contributed by atoms with van der Waals surface area (Å²) in [5.41, 5.74) is 0. The first kappa shape index (κ1) is 7.15. The van der Waals surface area contributed by atoms with Crippen molar-refractivity contribution in [2.75, 3.05) is 13.7 Å². The summed E-state index contributed by atoms with van der Waals surface area (Å²) < 4.78 is 14.6. The predicted octanol–water partition coefficient (Wildman–Crippen LogP) is 0.207. The normalized spacial score (nSPS) is 15.9. The standard InChI is InChI=1S/C5H8BNO3/c1-7-2-3-8-6-9-4-5-10-6/h2,4-5H,3H2,1H3/b7-2-. The highest BCUT2D eigenvalue weighted by molar-refractivity contribution is 6.37. The fourth-order valence-corrected chi connectivity index (χ4v) is 0.499. The molecule has 0 amide bonds. The van der Waals surface area contributed by atoms with E-state index in [0.29, 0.717) is 6.61 Å². The molecule has 0 aromatic heterocycles. The minimum absolute atomic E-state index is 0.406. The van der Waals surface area contributed by atoms with Crippen molar-refractivity contribution in [1.82, 2.24) is 0 Å². The second-order valence-electron chi connectivity index (χ2n) is 1.61. The van der Waals surface area contributed by atoms with Gasteiger partial charge >= 0.3 is 7.32 Å². The molecule has 0 unspecified atom stereocenters. The SMILES string of the molecule is C/N=C\COB1OC=CO1. The van der Waals surface area contributed by atoms with Gasteiger partial charge < -0.3 is 14.0 Å². The van der Waals surface area contributed by atoms with E-state index in [-0.39, 0.29) is 0 Å². The van der Waals surface area contributed by atoms with Gasteiger partial charge in [0.25, 0.3) is 0 Å². The summed E-state index contributed by atoms with van der Waals surface area (Å²) >= 11 is 0. The Bertz CT molecular complexity index is 140. The first-order valence-electron chi connectivity index (χ1n) is 2.91. The molecule has 10 heavy (non-hydrogen) atoms. The highest BCUT2D eigenvalue weighted by Crippen LogP contribution is 2.00. The summed E-state index contributed by atoms with van der Waals surface area (Å²) in [6.07, 6.45) is 4.51. The Kier molecular flexibility index (Phi) is 2.82. The molecule has 1 aliphatic rings. The van der Waals surface area contributed by atoms with Gasteiger partial charge in [0.1, 0.15) is 0 Å². The molecule has 0 N–H and O–H groups in total. The molecule has 54 valence electrons. The number of rotatable bonds is 3. The summed E-state index contributed by atoms with van der Waals surface area (Å²) in [7, 11) is 1.09. The third-order valence-electron chi connectivity index (χ3n) is 0.924. The smallest absolute Gasteiger partial charge is 0.504 e. The molecule has 0 radical (unpaired) electrons. The van der Waals surface area contributed by atoms with Crippen LogP contribution in [-0.4, -0.2) is 27.2 Å². The van der Waals surface area contributed by atoms with E-state index < -0.39 is 7.32 Å². The Morgan fingerprint density at radius 2 is 2.30 bits per heavy atom. The van der Waals surface area contributed by atoms with Crippen LogP contribution in [0.4, 0.5) is 0 Å². The number of aliphatic imine (C=N–C) groups is 1. The average Bonchev–Trinajstić information content (AvgIpc) is 2.41. The van der Waals surface area contributed by atoms with Gasteiger partial charge in [0, 0.05) is 13.3 Å².